The zero-order valence-corrected chi connectivity index (χ0v) is 11.1. The third-order valence-electron chi connectivity index (χ3n) is 3.03. The fraction of sp³-hybridized carbons (Fsp3) is 0.818. The van der Waals surface area contributed by atoms with Gasteiger partial charge in [0.25, 0.3) is 0 Å². The van der Waals surface area contributed by atoms with Crippen molar-refractivity contribution in [1.29, 1.82) is 0 Å². The highest BCUT2D eigenvalue weighted by Gasteiger charge is 2.43. The van der Waals surface area contributed by atoms with Gasteiger partial charge in [0.15, 0.2) is 0 Å². The highest BCUT2D eigenvalue weighted by atomic mass is 19.4. The number of alkyl halides is 3. The summed E-state index contributed by atoms with van der Waals surface area (Å²) in [6, 6.07) is -3.07. The van der Waals surface area contributed by atoms with Crippen LogP contribution in [0.15, 0.2) is 0 Å². The molecule has 1 rings (SSSR count). The van der Waals surface area contributed by atoms with E-state index in [2.05, 4.69) is 0 Å². The summed E-state index contributed by atoms with van der Waals surface area (Å²) < 4.78 is 37.4. The zero-order chi connectivity index (χ0) is 15.7. The molecule has 6 nitrogen and oxygen atoms in total. The van der Waals surface area contributed by atoms with Crippen LogP contribution in [0.25, 0.3) is 0 Å². The first-order valence-electron chi connectivity index (χ1n) is 6.07. The van der Waals surface area contributed by atoms with Crippen molar-refractivity contribution >= 4 is 12.0 Å². The average Bonchev–Trinajstić information content (AvgIpc) is 2.66. The summed E-state index contributed by atoms with van der Waals surface area (Å²) in [7, 11) is 0. The molecule has 0 aliphatic carbocycles. The van der Waals surface area contributed by atoms with E-state index < -0.39 is 42.9 Å². The Labute approximate surface area is 113 Å². The predicted molar refractivity (Wildman–Crippen MR) is 62.0 cm³/mol. The molecule has 1 fully saturated rings. The van der Waals surface area contributed by atoms with E-state index in [1.54, 1.807) is 0 Å². The molecule has 0 aromatic rings. The van der Waals surface area contributed by atoms with E-state index in [4.69, 9.17) is 5.11 Å². The molecule has 0 bridgehead atoms. The first-order chi connectivity index (χ1) is 9.03. The summed E-state index contributed by atoms with van der Waals surface area (Å²) in [6.45, 7) is 1.08. The summed E-state index contributed by atoms with van der Waals surface area (Å²) in [6.07, 6.45) is -5.80. The molecule has 0 radical (unpaired) electrons. The molecule has 1 heterocycles. The topological polar surface area (TPSA) is 81.1 Å². The fourth-order valence-corrected chi connectivity index (χ4v) is 2.09. The second kappa shape index (κ2) is 5.86. The molecule has 1 saturated heterocycles. The van der Waals surface area contributed by atoms with Gasteiger partial charge >= 0.3 is 18.2 Å². The SMILES string of the molecule is CC(C)N(CC(F)(F)F)C(=O)N1C[C@H](O)C[C@H]1C(=O)O. The lowest BCUT2D eigenvalue weighted by molar-refractivity contribution is -0.145. The van der Waals surface area contributed by atoms with Crippen LogP contribution in [0.3, 0.4) is 0 Å². The maximum atomic E-state index is 12.5. The van der Waals surface area contributed by atoms with Gasteiger partial charge in [0, 0.05) is 19.0 Å². The number of aliphatic hydroxyl groups excluding tert-OH is 1. The molecule has 0 aromatic carbocycles. The van der Waals surface area contributed by atoms with E-state index in [1.807, 2.05) is 0 Å². The molecule has 1 aliphatic heterocycles. The first-order valence-corrected chi connectivity index (χ1v) is 6.07. The first kappa shape index (κ1) is 16.5. The minimum Gasteiger partial charge on any atom is -0.480 e. The fourth-order valence-electron chi connectivity index (χ4n) is 2.09. The second-order valence-corrected chi connectivity index (χ2v) is 5.02. The Balaban J connectivity index is 2.91. The summed E-state index contributed by atoms with van der Waals surface area (Å²) in [5.74, 6) is -1.34. The van der Waals surface area contributed by atoms with Crippen LogP contribution in [0.2, 0.25) is 0 Å². The van der Waals surface area contributed by atoms with E-state index in [9.17, 15) is 27.9 Å². The zero-order valence-electron chi connectivity index (χ0n) is 11.1. The minimum absolute atomic E-state index is 0.182. The maximum Gasteiger partial charge on any atom is 0.406 e. The Bertz CT molecular complexity index is 386. The van der Waals surface area contributed by atoms with Crippen molar-refractivity contribution in [2.24, 2.45) is 0 Å². The Morgan fingerprint density at radius 1 is 1.40 bits per heavy atom. The smallest absolute Gasteiger partial charge is 0.406 e. The van der Waals surface area contributed by atoms with E-state index in [-0.39, 0.29) is 13.0 Å². The standard InChI is InChI=1S/C11H17F3N2O4/c1-6(2)16(5-11(12,13)14)10(20)15-4-7(17)3-8(15)9(18)19/h6-8,17H,3-5H2,1-2H3,(H,18,19)/t7-,8+/m1/s1. The van der Waals surface area contributed by atoms with Crippen LogP contribution in [0, 0.1) is 0 Å². The van der Waals surface area contributed by atoms with Crippen LogP contribution in [0.4, 0.5) is 18.0 Å². The van der Waals surface area contributed by atoms with E-state index in [0.29, 0.717) is 4.90 Å². The molecular weight excluding hydrogens is 281 g/mol. The van der Waals surface area contributed by atoms with Crippen LogP contribution < -0.4 is 0 Å². The van der Waals surface area contributed by atoms with Gasteiger partial charge in [0.05, 0.1) is 6.10 Å². The van der Waals surface area contributed by atoms with Crippen LogP contribution in [0.5, 0.6) is 0 Å². The molecule has 1 aliphatic rings. The van der Waals surface area contributed by atoms with Crippen molar-refractivity contribution in [2.45, 2.75) is 44.6 Å². The lowest BCUT2D eigenvalue weighted by Crippen LogP contribution is -2.52. The Morgan fingerprint density at radius 3 is 2.35 bits per heavy atom. The molecule has 0 aromatic heterocycles. The minimum atomic E-state index is -4.57. The van der Waals surface area contributed by atoms with Crippen molar-refractivity contribution in [3.05, 3.63) is 0 Å². The number of hydrogen-bond donors (Lipinski definition) is 2. The Kier molecular flexibility index (Phi) is 4.85. The van der Waals surface area contributed by atoms with Crippen molar-refractivity contribution < 1.29 is 33.0 Å². The largest absolute Gasteiger partial charge is 0.480 e. The number of hydrogen-bond acceptors (Lipinski definition) is 3. The summed E-state index contributed by atoms with van der Waals surface area (Å²) in [5.41, 5.74) is 0. The van der Waals surface area contributed by atoms with Gasteiger partial charge in [-0.05, 0) is 13.8 Å². The molecule has 9 heteroatoms. The lowest BCUT2D eigenvalue weighted by Gasteiger charge is -2.33. The highest BCUT2D eigenvalue weighted by Crippen LogP contribution is 2.24. The Hall–Kier alpha value is -1.51. The predicted octanol–water partition coefficient (Wildman–Crippen LogP) is 0.899. The number of urea groups is 1. The number of nitrogens with zero attached hydrogens (tertiary/aromatic N) is 2. The number of carboxylic acids is 1. The van der Waals surface area contributed by atoms with Gasteiger partial charge in [-0.3, -0.25) is 0 Å². The normalized spacial score (nSPS) is 23.2. The molecule has 2 atom stereocenters. The summed E-state index contributed by atoms with van der Waals surface area (Å²) in [5, 5.41) is 18.4. The van der Waals surface area contributed by atoms with Crippen LogP contribution in [0.1, 0.15) is 20.3 Å². The van der Waals surface area contributed by atoms with Gasteiger partial charge in [0.2, 0.25) is 0 Å². The van der Waals surface area contributed by atoms with E-state index in [0.717, 1.165) is 4.90 Å². The molecule has 0 saturated carbocycles. The van der Waals surface area contributed by atoms with Crippen LogP contribution in [-0.4, -0.2) is 69.5 Å². The highest BCUT2D eigenvalue weighted by molar-refractivity contribution is 5.83. The van der Waals surface area contributed by atoms with Gasteiger partial charge in [-0.15, -0.1) is 0 Å². The number of carbonyl (C=O) groups is 2. The van der Waals surface area contributed by atoms with Crippen molar-refractivity contribution in [3.8, 4) is 0 Å². The number of β-amino-alcohol motifs (C(OH)–C–C–N with tert-alkyl or cyclic N) is 1. The molecular formula is C11H17F3N2O4. The number of amides is 2. The maximum absolute atomic E-state index is 12.5. The van der Waals surface area contributed by atoms with Crippen LogP contribution >= 0.6 is 0 Å². The summed E-state index contributed by atoms with van der Waals surface area (Å²) >= 11 is 0. The van der Waals surface area contributed by atoms with Crippen molar-refractivity contribution in [3.63, 3.8) is 0 Å². The molecule has 0 unspecified atom stereocenters. The van der Waals surface area contributed by atoms with Crippen molar-refractivity contribution in [2.75, 3.05) is 13.1 Å². The second-order valence-electron chi connectivity index (χ2n) is 5.02. The van der Waals surface area contributed by atoms with Gasteiger partial charge in [0.1, 0.15) is 12.6 Å². The lowest BCUT2D eigenvalue weighted by atomic mass is 10.2. The van der Waals surface area contributed by atoms with E-state index in [1.165, 1.54) is 13.8 Å². The number of carboxylic acid groups (broad SMARTS) is 1. The number of halogens is 3. The number of likely N-dealkylation sites (tertiary alicyclic amines) is 1. The number of rotatable bonds is 3. The van der Waals surface area contributed by atoms with Gasteiger partial charge in [-0.2, -0.15) is 13.2 Å². The summed E-state index contributed by atoms with van der Waals surface area (Å²) in [4.78, 5) is 24.4. The van der Waals surface area contributed by atoms with E-state index >= 15 is 0 Å². The third-order valence-corrected chi connectivity index (χ3v) is 3.03. The van der Waals surface area contributed by atoms with Gasteiger partial charge in [-0.1, -0.05) is 0 Å². The number of aliphatic hydroxyl groups is 1. The quantitative estimate of drug-likeness (QED) is 0.811. The van der Waals surface area contributed by atoms with Gasteiger partial charge in [-0.25, -0.2) is 9.59 Å². The molecule has 0 spiro atoms. The monoisotopic (exact) mass is 298 g/mol. The molecule has 20 heavy (non-hydrogen) atoms. The van der Waals surface area contributed by atoms with Crippen LogP contribution in [-0.2, 0) is 4.79 Å². The number of aliphatic carboxylic acids is 1. The molecule has 116 valence electrons. The Morgan fingerprint density at radius 2 is 1.95 bits per heavy atom. The molecule has 2 N–H and O–H groups in total. The molecule has 2 amide bonds. The average molecular weight is 298 g/mol. The number of carbonyl (C=O) groups excluding carboxylic acids is 1. The van der Waals surface area contributed by atoms with Crippen molar-refractivity contribution in [1.82, 2.24) is 9.80 Å². The van der Waals surface area contributed by atoms with Gasteiger partial charge < -0.3 is 20.0 Å². The third kappa shape index (κ3) is 3.99.